The number of carbonyl (C=O) groups excluding carboxylic acids is 2. The summed E-state index contributed by atoms with van der Waals surface area (Å²) in [5, 5.41) is 12.9. The second kappa shape index (κ2) is 21.7. The van der Waals surface area contributed by atoms with E-state index >= 15 is 0 Å². The number of benzene rings is 3. The third-order valence-electron chi connectivity index (χ3n) is 8.74. The van der Waals surface area contributed by atoms with Crippen LogP contribution in [-0.4, -0.2) is 96.7 Å². The van der Waals surface area contributed by atoms with Crippen LogP contribution < -0.4 is 20.9 Å². The van der Waals surface area contributed by atoms with Gasteiger partial charge in [-0.25, -0.2) is 0 Å². The number of anilines is 1. The van der Waals surface area contributed by atoms with Crippen molar-refractivity contribution in [1.82, 2.24) is 10.6 Å². The second-order valence-electron chi connectivity index (χ2n) is 14.0. The van der Waals surface area contributed by atoms with Crippen molar-refractivity contribution in [3.8, 4) is 11.3 Å². The third-order valence-corrected chi connectivity index (χ3v) is 8.74. The van der Waals surface area contributed by atoms with Crippen LogP contribution in [0.5, 0.6) is 0 Å². The minimum Gasteiger partial charge on any atom is -0.399 e. The number of ether oxygens (including phenoxy) is 3. The molecule has 1 heterocycles. The molecule has 0 fully saturated rings. The van der Waals surface area contributed by atoms with E-state index in [4.69, 9.17) is 25.5 Å². The summed E-state index contributed by atoms with van der Waals surface area (Å²) in [4.78, 5) is 27.4. The Morgan fingerprint density at radius 3 is 2.17 bits per heavy atom. The summed E-state index contributed by atoms with van der Waals surface area (Å²) in [5.74, 6) is 0.00834. The monoisotopic (exact) mass is 728 g/mol. The van der Waals surface area contributed by atoms with E-state index in [1.807, 2.05) is 54.6 Å². The number of nitrogens with zero attached hydrogens (tertiary/aromatic N) is 5. The lowest BCUT2D eigenvalue weighted by molar-refractivity contribution is -0.870. The molecule has 53 heavy (non-hydrogen) atoms. The highest BCUT2D eigenvalue weighted by molar-refractivity contribution is 6.10. The number of hydrogen-bond acceptors (Lipinski definition) is 7. The summed E-state index contributed by atoms with van der Waals surface area (Å²) >= 11 is 0. The first-order chi connectivity index (χ1) is 25.7. The Morgan fingerprint density at radius 2 is 1.43 bits per heavy atom. The van der Waals surface area contributed by atoms with E-state index in [0.29, 0.717) is 83.5 Å². The van der Waals surface area contributed by atoms with Gasteiger partial charge < -0.3 is 35.1 Å². The van der Waals surface area contributed by atoms with Gasteiger partial charge in [-0.15, -0.1) is 0 Å². The molecule has 0 aliphatic heterocycles. The van der Waals surface area contributed by atoms with Gasteiger partial charge >= 0.3 is 0 Å². The van der Waals surface area contributed by atoms with E-state index in [1.54, 1.807) is 0 Å². The molecule has 1 aromatic heterocycles. The van der Waals surface area contributed by atoms with Crippen LogP contribution in [0.15, 0.2) is 71.8 Å². The first kappa shape index (κ1) is 41.0. The molecule has 4 N–H and O–H groups in total. The van der Waals surface area contributed by atoms with Crippen molar-refractivity contribution in [2.45, 2.75) is 45.1 Å². The molecular weight excluding hydrogens is 672 g/mol. The van der Waals surface area contributed by atoms with Crippen LogP contribution in [0.2, 0.25) is 0 Å². The molecule has 13 heteroatoms. The molecule has 2 amide bonds. The van der Waals surface area contributed by atoms with Crippen molar-refractivity contribution < 1.29 is 32.8 Å². The fourth-order valence-corrected chi connectivity index (χ4v) is 6.14. The third kappa shape index (κ3) is 13.9. The summed E-state index contributed by atoms with van der Waals surface area (Å²) in [6.07, 6.45) is 4.20. The van der Waals surface area contributed by atoms with Gasteiger partial charge in [0.15, 0.2) is 0 Å². The molecule has 0 saturated carbocycles. The van der Waals surface area contributed by atoms with E-state index in [0.717, 1.165) is 69.6 Å². The normalized spacial score (nSPS) is 11.5. The predicted octanol–water partition coefficient (Wildman–Crippen LogP) is 5.80. The standard InChI is InChI=1S/C40H54N8O5/c1-48(2,3)22-10-19-43-39(50)18-23-51-25-27-53-28-26-52-24-20-44-38(49)13-8-5-9-21-47-37-30-33(45-46-42)15-17-35(37)34-16-14-32(41)29-36(34)40(47)31-11-6-4-7-12-31/h4,6-7,11-12,14-17,29-30H,5,8-10,13,18-28,41H2,1-3H3/p+2. The van der Waals surface area contributed by atoms with Gasteiger partial charge in [-0.2, -0.15) is 4.57 Å². The Kier molecular flexibility index (Phi) is 16.8. The Morgan fingerprint density at radius 1 is 0.755 bits per heavy atom. The van der Waals surface area contributed by atoms with E-state index in [1.165, 1.54) is 0 Å². The highest BCUT2D eigenvalue weighted by atomic mass is 16.5. The van der Waals surface area contributed by atoms with Gasteiger partial charge in [0.1, 0.15) is 6.54 Å². The molecule has 0 bridgehead atoms. The Labute approximate surface area is 312 Å². The van der Waals surface area contributed by atoms with Gasteiger partial charge in [0.25, 0.3) is 0 Å². The fraction of sp³-hybridized carbons (Fsp3) is 0.475. The van der Waals surface area contributed by atoms with Crippen LogP contribution in [0, 0.1) is 0 Å². The van der Waals surface area contributed by atoms with Crippen molar-refractivity contribution in [1.29, 1.82) is 0 Å². The minimum atomic E-state index is 0.00287. The predicted molar refractivity (Wildman–Crippen MR) is 209 cm³/mol. The van der Waals surface area contributed by atoms with Gasteiger partial charge in [0.05, 0.1) is 78.1 Å². The van der Waals surface area contributed by atoms with Crippen molar-refractivity contribution >= 4 is 44.9 Å². The summed E-state index contributed by atoms with van der Waals surface area (Å²) in [7, 11) is 6.40. The maximum atomic E-state index is 12.5. The number of quaternary nitrogens is 1. The number of pyridine rings is 1. The van der Waals surface area contributed by atoms with Crippen LogP contribution in [-0.2, 0) is 30.3 Å². The number of nitrogens with two attached hydrogens (primary N) is 1. The summed E-state index contributed by atoms with van der Waals surface area (Å²) in [6, 6.07) is 22.0. The molecular formula is C40H56N8O5+2. The van der Waals surface area contributed by atoms with Crippen molar-refractivity contribution in [3.63, 3.8) is 0 Å². The largest absolute Gasteiger partial charge is 0.399 e. The highest BCUT2D eigenvalue weighted by Crippen LogP contribution is 2.34. The average molecular weight is 729 g/mol. The quantitative estimate of drug-likeness (QED) is 0.0121. The lowest BCUT2D eigenvalue weighted by Gasteiger charge is -2.23. The summed E-state index contributed by atoms with van der Waals surface area (Å²) in [5.41, 5.74) is 19.7. The second-order valence-corrected chi connectivity index (χ2v) is 14.0. The molecule has 13 nitrogen and oxygen atoms in total. The number of hydrogen-bond donors (Lipinski definition) is 3. The van der Waals surface area contributed by atoms with Crippen LogP contribution in [0.1, 0.15) is 38.5 Å². The Hall–Kier alpha value is -4.78. The molecule has 0 atom stereocenters. The Balaban J connectivity index is 1.12. The first-order valence-corrected chi connectivity index (χ1v) is 18.5. The Bertz CT molecular complexity index is 1820. The van der Waals surface area contributed by atoms with Crippen LogP contribution in [0.4, 0.5) is 11.4 Å². The van der Waals surface area contributed by atoms with Crippen molar-refractivity contribution in [3.05, 3.63) is 77.2 Å². The van der Waals surface area contributed by atoms with Crippen LogP contribution in [0.25, 0.3) is 43.4 Å². The number of carbonyl (C=O) groups is 2. The topological polar surface area (TPSA) is 165 Å². The number of fused-ring (bicyclic) bond motifs is 3. The van der Waals surface area contributed by atoms with E-state index in [2.05, 4.69) is 58.5 Å². The van der Waals surface area contributed by atoms with Gasteiger partial charge in [0.2, 0.25) is 23.0 Å². The van der Waals surface area contributed by atoms with Crippen LogP contribution >= 0.6 is 0 Å². The average Bonchev–Trinajstić information content (AvgIpc) is 3.13. The van der Waals surface area contributed by atoms with E-state index in [9.17, 15) is 9.59 Å². The zero-order valence-corrected chi connectivity index (χ0v) is 31.5. The van der Waals surface area contributed by atoms with E-state index in [-0.39, 0.29) is 11.8 Å². The van der Waals surface area contributed by atoms with Gasteiger partial charge in [-0.1, -0.05) is 35.4 Å². The molecule has 0 radical (unpaired) electrons. The van der Waals surface area contributed by atoms with Gasteiger partial charge in [-0.05, 0) is 48.7 Å². The number of azide groups is 1. The lowest BCUT2D eigenvalue weighted by Crippen LogP contribution is -2.37. The van der Waals surface area contributed by atoms with Crippen LogP contribution in [0.3, 0.4) is 0 Å². The molecule has 0 aliphatic rings. The number of nitrogens with one attached hydrogen (secondary N) is 2. The number of amides is 2. The molecule has 4 aromatic rings. The fourth-order valence-electron chi connectivity index (χ4n) is 6.14. The highest BCUT2D eigenvalue weighted by Gasteiger charge is 2.23. The van der Waals surface area contributed by atoms with Crippen molar-refractivity contribution in [2.24, 2.45) is 5.11 Å². The molecule has 4 rings (SSSR count). The zero-order chi connectivity index (χ0) is 37.9. The lowest BCUT2D eigenvalue weighted by atomic mass is 9.98. The smallest absolute Gasteiger partial charge is 0.222 e. The van der Waals surface area contributed by atoms with Gasteiger partial charge in [0, 0.05) is 72.1 Å². The molecule has 0 aliphatic carbocycles. The summed E-state index contributed by atoms with van der Waals surface area (Å²) in [6.45, 7) is 5.33. The van der Waals surface area contributed by atoms with Gasteiger partial charge in [-0.3, -0.25) is 9.59 Å². The number of rotatable bonds is 24. The summed E-state index contributed by atoms with van der Waals surface area (Å²) < 4.78 is 19.7. The number of unbranched alkanes of at least 4 members (excludes halogenated alkanes) is 2. The SMILES string of the molecule is C[N+](C)(C)CCCNC(=O)CCOCCOCCOCCNC(=O)CCCCC[n+]1c(-c2ccccc2)c2cc(N)ccc2c2ccc(N=[N+]=[N-])cc21. The number of nitrogen functional groups attached to an aromatic ring is 1. The van der Waals surface area contributed by atoms with E-state index < -0.39 is 0 Å². The number of aromatic nitrogens is 1. The molecule has 284 valence electrons. The maximum Gasteiger partial charge on any atom is 0.222 e. The first-order valence-electron chi connectivity index (χ1n) is 18.5. The zero-order valence-electron chi connectivity index (χ0n) is 31.5. The minimum absolute atomic E-state index is 0.00287. The molecule has 3 aromatic carbocycles. The molecule has 0 spiro atoms. The maximum absolute atomic E-state index is 12.5. The molecule has 0 saturated heterocycles. The number of aryl methyl sites for hydroxylation is 1. The van der Waals surface area contributed by atoms with Crippen molar-refractivity contribution in [2.75, 3.05) is 86.2 Å². The molecule has 0 unspecified atom stereocenters.